The molecule has 82 valence electrons. The van der Waals surface area contributed by atoms with E-state index in [-0.39, 0.29) is 11.8 Å². The number of amides is 1. The first kappa shape index (κ1) is 10.5. The van der Waals surface area contributed by atoms with Gasteiger partial charge in [-0.05, 0) is 6.07 Å². The molecule has 0 radical (unpaired) electrons. The predicted octanol–water partition coefficient (Wildman–Crippen LogP) is 1.08. The minimum atomic E-state index is -0.0134. The molecule has 1 aromatic rings. The van der Waals surface area contributed by atoms with E-state index in [1.165, 1.54) is 0 Å². The molecule has 2 rings (SSSR count). The van der Waals surface area contributed by atoms with Gasteiger partial charge < -0.3 is 4.74 Å². The second-order valence-electron chi connectivity index (χ2n) is 3.63. The summed E-state index contributed by atoms with van der Waals surface area (Å²) >= 11 is 0. The van der Waals surface area contributed by atoms with Crippen LogP contribution in [-0.4, -0.2) is 24.5 Å². The molecule has 1 amide bonds. The molecule has 1 unspecified atom stereocenters. The Morgan fingerprint density at radius 2 is 2.50 bits per heavy atom. The molecule has 0 aromatic carbocycles. The number of methoxy groups -OCH3 is 1. The summed E-state index contributed by atoms with van der Waals surface area (Å²) in [6, 6.07) is 3.47. The number of carbonyl (C=O) groups is 1. The number of anilines is 1. The minimum absolute atomic E-state index is 0.0134. The van der Waals surface area contributed by atoms with Crippen molar-refractivity contribution in [2.45, 2.75) is 6.42 Å². The zero-order valence-corrected chi connectivity index (χ0v) is 9.01. The third-order valence-electron chi connectivity index (χ3n) is 2.59. The van der Waals surface area contributed by atoms with Crippen LogP contribution in [0.15, 0.2) is 18.3 Å². The molecule has 16 heavy (non-hydrogen) atoms. The van der Waals surface area contributed by atoms with Crippen molar-refractivity contribution in [3.8, 4) is 18.1 Å². The maximum atomic E-state index is 11.7. The first-order valence-corrected chi connectivity index (χ1v) is 5.01. The number of terminal acetylenes is 1. The zero-order valence-electron chi connectivity index (χ0n) is 9.01. The summed E-state index contributed by atoms with van der Waals surface area (Å²) in [5.74, 6) is 3.89. The van der Waals surface area contributed by atoms with Crippen molar-refractivity contribution in [2.24, 2.45) is 5.92 Å². The number of carbonyl (C=O) groups excluding carboxylic acids is 1. The second-order valence-corrected chi connectivity index (χ2v) is 3.63. The van der Waals surface area contributed by atoms with Crippen LogP contribution in [0.5, 0.6) is 5.75 Å². The van der Waals surface area contributed by atoms with Crippen LogP contribution in [0.4, 0.5) is 5.82 Å². The van der Waals surface area contributed by atoms with Crippen LogP contribution < -0.4 is 9.64 Å². The van der Waals surface area contributed by atoms with E-state index in [9.17, 15) is 4.79 Å². The van der Waals surface area contributed by atoms with Gasteiger partial charge in [0, 0.05) is 31.1 Å². The monoisotopic (exact) mass is 216 g/mol. The van der Waals surface area contributed by atoms with E-state index in [1.807, 2.05) is 0 Å². The molecule has 4 heteroatoms. The Morgan fingerprint density at radius 3 is 3.12 bits per heavy atom. The molecule has 1 saturated heterocycles. The topological polar surface area (TPSA) is 42.4 Å². The fourth-order valence-corrected chi connectivity index (χ4v) is 1.71. The standard InChI is InChI=1S/C12H12N2O2/c1-3-9-6-12(15)14(8-9)11-7-10(16-2)4-5-13-11/h1,4-5,7,9H,6,8H2,2H3. The number of hydrogen-bond acceptors (Lipinski definition) is 3. The Bertz CT molecular complexity index is 451. The van der Waals surface area contributed by atoms with Crippen LogP contribution in [-0.2, 0) is 4.79 Å². The minimum Gasteiger partial charge on any atom is -0.497 e. The van der Waals surface area contributed by atoms with E-state index in [2.05, 4.69) is 10.9 Å². The molecular formula is C12H12N2O2. The first-order valence-electron chi connectivity index (χ1n) is 5.01. The molecule has 0 bridgehead atoms. The summed E-state index contributed by atoms with van der Waals surface area (Å²) in [5.41, 5.74) is 0. The Kier molecular flexibility index (Phi) is 2.78. The lowest BCUT2D eigenvalue weighted by atomic mass is 10.1. The average Bonchev–Trinajstić information content (AvgIpc) is 2.71. The van der Waals surface area contributed by atoms with Gasteiger partial charge in [-0.15, -0.1) is 12.3 Å². The molecule has 0 N–H and O–H groups in total. The number of pyridine rings is 1. The molecule has 2 heterocycles. The van der Waals surface area contributed by atoms with Crippen LogP contribution in [0.2, 0.25) is 0 Å². The van der Waals surface area contributed by atoms with Crippen molar-refractivity contribution in [1.29, 1.82) is 0 Å². The van der Waals surface area contributed by atoms with Crippen molar-refractivity contribution < 1.29 is 9.53 Å². The number of rotatable bonds is 2. The van der Waals surface area contributed by atoms with Gasteiger partial charge in [0.25, 0.3) is 0 Å². The molecule has 0 aliphatic carbocycles. The van der Waals surface area contributed by atoms with Crippen molar-refractivity contribution in [3.63, 3.8) is 0 Å². The van der Waals surface area contributed by atoms with Crippen LogP contribution in [0.25, 0.3) is 0 Å². The largest absolute Gasteiger partial charge is 0.497 e. The maximum Gasteiger partial charge on any atom is 0.229 e. The van der Waals surface area contributed by atoms with Gasteiger partial charge >= 0.3 is 0 Å². The number of ether oxygens (including phenoxy) is 1. The fourth-order valence-electron chi connectivity index (χ4n) is 1.71. The van der Waals surface area contributed by atoms with Crippen molar-refractivity contribution >= 4 is 11.7 Å². The molecular weight excluding hydrogens is 204 g/mol. The van der Waals surface area contributed by atoms with Crippen LogP contribution in [0, 0.1) is 18.3 Å². The highest BCUT2D eigenvalue weighted by Crippen LogP contribution is 2.25. The van der Waals surface area contributed by atoms with E-state index in [0.29, 0.717) is 24.5 Å². The van der Waals surface area contributed by atoms with Gasteiger partial charge in [0.05, 0.1) is 7.11 Å². The second kappa shape index (κ2) is 4.23. The molecule has 0 spiro atoms. The molecule has 1 atom stereocenters. The van der Waals surface area contributed by atoms with E-state index in [4.69, 9.17) is 11.2 Å². The number of hydrogen-bond donors (Lipinski definition) is 0. The van der Waals surface area contributed by atoms with Crippen LogP contribution in [0.1, 0.15) is 6.42 Å². The Balaban J connectivity index is 2.24. The van der Waals surface area contributed by atoms with E-state index in [1.54, 1.807) is 30.3 Å². The average molecular weight is 216 g/mol. The highest BCUT2D eigenvalue weighted by molar-refractivity contribution is 5.95. The Hall–Kier alpha value is -2.02. The Morgan fingerprint density at radius 1 is 1.69 bits per heavy atom. The van der Waals surface area contributed by atoms with E-state index in [0.717, 1.165) is 0 Å². The summed E-state index contributed by atoms with van der Waals surface area (Å²) in [6.07, 6.45) is 7.33. The molecule has 1 aliphatic heterocycles. The maximum absolute atomic E-state index is 11.7. The highest BCUT2D eigenvalue weighted by Gasteiger charge is 2.30. The summed E-state index contributed by atoms with van der Waals surface area (Å²) in [6.45, 7) is 0.537. The molecule has 0 saturated carbocycles. The van der Waals surface area contributed by atoms with Crippen molar-refractivity contribution in [1.82, 2.24) is 4.98 Å². The lowest BCUT2D eigenvalue weighted by molar-refractivity contribution is -0.117. The van der Waals surface area contributed by atoms with Gasteiger partial charge in [0.1, 0.15) is 11.6 Å². The van der Waals surface area contributed by atoms with Crippen molar-refractivity contribution in [2.75, 3.05) is 18.6 Å². The number of nitrogens with zero attached hydrogens (tertiary/aromatic N) is 2. The van der Waals surface area contributed by atoms with Gasteiger partial charge in [-0.2, -0.15) is 0 Å². The summed E-state index contributed by atoms with van der Waals surface area (Å²) < 4.78 is 5.08. The SMILES string of the molecule is C#CC1CC(=O)N(c2cc(OC)ccn2)C1. The van der Waals surface area contributed by atoms with E-state index >= 15 is 0 Å². The van der Waals surface area contributed by atoms with Crippen molar-refractivity contribution in [3.05, 3.63) is 18.3 Å². The van der Waals surface area contributed by atoms with E-state index < -0.39 is 0 Å². The zero-order chi connectivity index (χ0) is 11.5. The van der Waals surface area contributed by atoms with Crippen LogP contribution in [0.3, 0.4) is 0 Å². The molecule has 4 nitrogen and oxygen atoms in total. The van der Waals surface area contributed by atoms with Gasteiger partial charge in [-0.25, -0.2) is 4.98 Å². The predicted molar refractivity (Wildman–Crippen MR) is 60.1 cm³/mol. The summed E-state index contributed by atoms with van der Waals surface area (Å²) in [7, 11) is 1.58. The molecule has 1 aliphatic rings. The third kappa shape index (κ3) is 1.84. The highest BCUT2D eigenvalue weighted by atomic mass is 16.5. The smallest absolute Gasteiger partial charge is 0.229 e. The lowest BCUT2D eigenvalue weighted by Crippen LogP contribution is -2.25. The first-order chi connectivity index (χ1) is 7.74. The number of aromatic nitrogens is 1. The van der Waals surface area contributed by atoms with Gasteiger partial charge in [-0.3, -0.25) is 9.69 Å². The quantitative estimate of drug-likeness (QED) is 0.695. The van der Waals surface area contributed by atoms with Crippen LogP contribution >= 0.6 is 0 Å². The third-order valence-corrected chi connectivity index (χ3v) is 2.59. The van der Waals surface area contributed by atoms with Gasteiger partial charge in [0.2, 0.25) is 5.91 Å². The lowest BCUT2D eigenvalue weighted by Gasteiger charge is -2.15. The molecule has 1 fully saturated rings. The van der Waals surface area contributed by atoms with Gasteiger partial charge in [-0.1, -0.05) is 0 Å². The molecule has 1 aromatic heterocycles. The Labute approximate surface area is 94.2 Å². The fraction of sp³-hybridized carbons (Fsp3) is 0.333. The normalized spacial score (nSPS) is 19.6. The summed E-state index contributed by atoms with van der Waals surface area (Å²) in [5, 5.41) is 0. The summed E-state index contributed by atoms with van der Waals surface area (Å²) in [4.78, 5) is 17.4. The van der Waals surface area contributed by atoms with Gasteiger partial charge in [0.15, 0.2) is 0 Å².